The molecule has 0 saturated carbocycles. The molecule has 6 nitrogen and oxygen atoms in total. The van der Waals surface area contributed by atoms with Gasteiger partial charge in [-0.05, 0) is 23.8 Å². The second-order valence-electron chi connectivity index (χ2n) is 6.13. The SMILES string of the molecule is OCCN1N=CC(c2ccncc2)(c2ccccc2F)C1c1cnc[nH]1. The van der Waals surface area contributed by atoms with Crippen LogP contribution < -0.4 is 0 Å². The molecule has 2 unspecified atom stereocenters. The monoisotopic (exact) mass is 351 g/mol. The van der Waals surface area contributed by atoms with Gasteiger partial charge in [0.25, 0.3) is 0 Å². The zero-order chi connectivity index (χ0) is 18.0. The number of rotatable bonds is 5. The summed E-state index contributed by atoms with van der Waals surface area (Å²) in [6, 6.07) is 10.1. The van der Waals surface area contributed by atoms with Crippen molar-refractivity contribution in [2.45, 2.75) is 11.5 Å². The number of β-amino-alcohol motifs (C(OH)–C–C–N with tert-alkyl or cyclic N) is 1. The van der Waals surface area contributed by atoms with Crippen LogP contribution in [-0.4, -0.2) is 44.4 Å². The third-order valence-electron chi connectivity index (χ3n) is 4.76. The third kappa shape index (κ3) is 2.48. The van der Waals surface area contributed by atoms with Crippen LogP contribution in [0.15, 0.2) is 66.4 Å². The summed E-state index contributed by atoms with van der Waals surface area (Å²) in [7, 11) is 0. The summed E-state index contributed by atoms with van der Waals surface area (Å²) in [5, 5.41) is 15.8. The zero-order valence-corrected chi connectivity index (χ0v) is 14.0. The van der Waals surface area contributed by atoms with Crippen molar-refractivity contribution in [3.63, 3.8) is 0 Å². The van der Waals surface area contributed by atoms with Gasteiger partial charge in [0.2, 0.25) is 0 Å². The average Bonchev–Trinajstić information content (AvgIpc) is 3.31. The minimum Gasteiger partial charge on any atom is -0.394 e. The van der Waals surface area contributed by atoms with Crippen LogP contribution in [0.1, 0.15) is 22.9 Å². The number of hydrogen-bond acceptors (Lipinski definition) is 5. The minimum absolute atomic E-state index is 0.0638. The second-order valence-corrected chi connectivity index (χ2v) is 6.13. The van der Waals surface area contributed by atoms with Crippen molar-refractivity contribution in [1.29, 1.82) is 0 Å². The molecule has 2 N–H and O–H groups in total. The van der Waals surface area contributed by atoms with Gasteiger partial charge >= 0.3 is 0 Å². The fourth-order valence-electron chi connectivity index (χ4n) is 3.68. The number of nitrogens with one attached hydrogen (secondary N) is 1. The molecule has 26 heavy (non-hydrogen) atoms. The lowest BCUT2D eigenvalue weighted by molar-refractivity contribution is 0.149. The molecule has 0 radical (unpaired) electrons. The van der Waals surface area contributed by atoms with E-state index in [0.717, 1.165) is 11.3 Å². The molecule has 2 aromatic heterocycles. The topological polar surface area (TPSA) is 77.4 Å². The molecule has 2 atom stereocenters. The van der Waals surface area contributed by atoms with Crippen LogP contribution in [0.5, 0.6) is 0 Å². The fraction of sp³-hybridized carbons (Fsp3) is 0.211. The molecule has 0 bridgehead atoms. The molecule has 0 amide bonds. The number of aliphatic hydroxyl groups is 1. The first-order valence-corrected chi connectivity index (χ1v) is 8.34. The maximum atomic E-state index is 14.9. The van der Waals surface area contributed by atoms with E-state index in [4.69, 9.17) is 0 Å². The van der Waals surface area contributed by atoms with Crippen molar-refractivity contribution >= 4 is 6.21 Å². The molecule has 7 heteroatoms. The molecule has 1 aliphatic rings. The lowest BCUT2D eigenvalue weighted by atomic mass is 9.69. The molecule has 1 aromatic carbocycles. The van der Waals surface area contributed by atoms with Gasteiger partial charge in [-0.15, -0.1) is 0 Å². The van der Waals surface area contributed by atoms with Crippen LogP contribution >= 0.6 is 0 Å². The fourth-order valence-corrected chi connectivity index (χ4v) is 3.68. The van der Waals surface area contributed by atoms with Crippen molar-refractivity contribution in [2.24, 2.45) is 5.10 Å². The number of aliphatic hydroxyl groups excluding tert-OH is 1. The Morgan fingerprint density at radius 2 is 1.96 bits per heavy atom. The predicted octanol–water partition coefficient (Wildman–Crippen LogP) is 2.26. The van der Waals surface area contributed by atoms with Gasteiger partial charge < -0.3 is 10.1 Å². The molecule has 3 heterocycles. The van der Waals surface area contributed by atoms with Crippen molar-refractivity contribution in [3.8, 4) is 0 Å². The van der Waals surface area contributed by atoms with Gasteiger partial charge in [-0.2, -0.15) is 5.10 Å². The van der Waals surface area contributed by atoms with E-state index in [1.165, 1.54) is 6.07 Å². The van der Waals surface area contributed by atoms with Crippen LogP contribution in [0, 0.1) is 5.82 Å². The summed E-state index contributed by atoms with van der Waals surface area (Å²) in [6.45, 7) is 0.257. The van der Waals surface area contributed by atoms with E-state index in [-0.39, 0.29) is 18.5 Å². The number of H-pyrrole nitrogens is 1. The molecule has 1 aliphatic heterocycles. The standard InChI is InChI=1S/C19H18FN5O/c20-16-4-2-1-3-15(16)19(14-5-7-21-8-6-14)12-24-25(9-10-26)18(19)17-11-22-13-23-17/h1-8,11-13,18,26H,9-10H2,(H,22,23). The summed E-state index contributed by atoms with van der Waals surface area (Å²) in [4.78, 5) is 11.4. The Morgan fingerprint density at radius 1 is 1.15 bits per heavy atom. The van der Waals surface area contributed by atoms with E-state index in [2.05, 4.69) is 20.1 Å². The van der Waals surface area contributed by atoms with E-state index >= 15 is 0 Å². The zero-order valence-electron chi connectivity index (χ0n) is 14.0. The Kier molecular flexibility index (Phi) is 4.22. The normalized spacial score (nSPS) is 22.1. The first-order valence-electron chi connectivity index (χ1n) is 8.34. The van der Waals surface area contributed by atoms with Gasteiger partial charge in [-0.25, -0.2) is 9.37 Å². The minimum atomic E-state index is -0.879. The first-order chi connectivity index (χ1) is 12.8. The number of imidazole rings is 1. The quantitative estimate of drug-likeness (QED) is 0.739. The van der Waals surface area contributed by atoms with Gasteiger partial charge in [-0.1, -0.05) is 18.2 Å². The molecule has 3 aromatic rings. The molecule has 0 saturated heterocycles. The van der Waals surface area contributed by atoms with Crippen molar-refractivity contribution in [1.82, 2.24) is 20.0 Å². The molecule has 132 valence electrons. The molecular weight excluding hydrogens is 333 g/mol. The highest BCUT2D eigenvalue weighted by atomic mass is 19.1. The summed E-state index contributed by atoms with van der Waals surface area (Å²) < 4.78 is 14.9. The van der Waals surface area contributed by atoms with Gasteiger partial charge in [0, 0.05) is 24.2 Å². The highest BCUT2D eigenvalue weighted by molar-refractivity contribution is 5.82. The Morgan fingerprint density at radius 3 is 2.65 bits per heavy atom. The van der Waals surface area contributed by atoms with E-state index in [9.17, 15) is 9.50 Å². The second kappa shape index (κ2) is 6.68. The number of nitrogens with zero attached hydrogens (tertiary/aromatic N) is 4. The molecule has 4 rings (SSSR count). The van der Waals surface area contributed by atoms with Crippen molar-refractivity contribution < 1.29 is 9.50 Å². The van der Waals surface area contributed by atoms with Crippen molar-refractivity contribution in [3.05, 3.63) is 84.0 Å². The number of benzene rings is 1. The third-order valence-corrected chi connectivity index (χ3v) is 4.76. The van der Waals surface area contributed by atoms with E-state index in [1.807, 2.05) is 18.2 Å². The average molecular weight is 351 g/mol. The largest absolute Gasteiger partial charge is 0.394 e. The number of pyridine rings is 1. The lowest BCUT2D eigenvalue weighted by Gasteiger charge is -2.37. The lowest BCUT2D eigenvalue weighted by Crippen LogP contribution is -2.40. The van der Waals surface area contributed by atoms with Gasteiger partial charge in [-0.3, -0.25) is 9.99 Å². The summed E-state index contributed by atoms with van der Waals surface area (Å²) in [5.41, 5.74) is 1.28. The summed E-state index contributed by atoms with van der Waals surface area (Å²) >= 11 is 0. The molecular formula is C19H18FN5O. The van der Waals surface area contributed by atoms with Crippen LogP contribution in [0.4, 0.5) is 4.39 Å². The van der Waals surface area contributed by atoms with Crippen LogP contribution in [0.2, 0.25) is 0 Å². The Bertz CT molecular complexity index is 899. The van der Waals surface area contributed by atoms with E-state index in [0.29, 0.717) is 12.1 Å². The molecule has 0 aliphatic carbocycles. The highest BCUT2D eigenvalue weighted by Crippen LogP contribution is 2.48. The van der Waals surface area contributed by atoms with Gasteiger partial charge in [0.15, 0.2) is 0 Å². The number of aromatic amines is 1. The number of halogens is 1. The molecule has 0 fully saturated rings. The maximum Gasteiger partial charge on any atom is 0.127 e. The number of aromatic nitrogens is 3. The summed E-state index contributed by atoms with van der Waals surface area (Å²) in [6.07, 6.45) is 8.42. The van der Waals surface area contributed by atoms with Crippen molar-refractivity contribution in [2.75, 3.05) is 13.2 Å². The van der Waals surface area contributed by atoms with Crippen LogP contribution in [0.25, 0.3) is 0 Å². The smallest absolute Gasteiger partial charge is 0.127 e. The van der Waals surface area contributed by atoms with E-state index < -0.39 is 5.41 Å². The Hall–Kier alpha value is -3.06. The Labute approximate surface area is 150 Å². The predicted molar refractivity (Wildman–Crippen MR) is 95.0 cm³/mol. The maximum absolute atomic E-state index is 14.9. The number of hydrazone groups is 1. The van der Waals surface area contributed by atoms with Gasteiger partial charge in [0.05, 0.1) is 36.8 Å². The van der Waals surface area contributed by atoms with E-state index in [1.54, 1.807) is 48.3 Å². The number of hydrogen-bond donors (Lipinski definition) is 2. The summed E-state index contributed by atoms with van der Waals surface area (Å²) in [5.74, 6) is -0.314. The van der Waals surface area contributed by atoms with Gasteiger partial charge in [0.1, 0.15) is 11.9 Å². The van der Waals surface area contributed by atoms with Crippen LogP contribution in [-0.2, 0) is 5.41 Å². The van der Waals surface area contributed by atoms with Crippen LogP contribution in [0.3, 0.4) is 0 Å². The highest BCUT2D eigenvalue weighted by Gasteiger charge is 2.50. The first kappa shape index (κ1) is 16.4. The molecule has 0 spiro atoms. The Balaban J connectivity index is 1.99.